The van der Waals surface area contributed by atoms with Crippen molar-refractivity contribution in [3.05, 3.63) is 77.4 Å². The van der Waals surface area contributed by atoms with Crippen molar-refractivity contribution in [1.82, 2.24) is 14.5 Å². The van der Waals surface area contributed by atoms with E-state index in [1.165, 1.54) is 4.90 Å². The van der Waals surface area contributed by atoms with Crippen molar-refractivity contribution >= 4 is 5.91 Å². The lowest BCUT2D eigenvalue weighted by Gasteiger charge is -2.35. The first kappa shape index (κ1) is 28.2. The predicted molar refractivity (Wildman–Crippen MR) is 140 cm³/mol. The Morgan fingerprint density at radius 3 is 2.69 bits per heavy atom. The lowest BCUT2D eigenvalue weighted by Crippen LogP contribution is -2.44. The number of rotatable bonds is 8. The van der Waals surface area contributed by atoms with Gasteiger partial charge in [0.2, 0.25) is 5.91 Å². The number of nitrogens with two attached hydrogens (primary N) is 1. The smallest absolute Gasteiger partial charge is 0.389 e. The van der Waals surface area contributed by atoms with Gasteiger partial charge in [0.25, 0.3) is 0 Å². The van der Waals surface area contributed by atoms with Crippen LogP contribution in [0.3, 0.4) is 0 Å². The number of hydrogen-bond donors (Lipinski definition) is 1. The van der Waals surface area contributed by atoms with Gasteiger partial charge in [0.05, 0.1) is 17.3 Å². The molecule has 2 aromatic carbocycles. The van der Waals surface area contributed by atoms with Crippen LogP contribution >= 0.6 is 0 Å². The molecule has 1 fully saturated rings. The lowest BCUT2D eigenvalue weighted by molar-refractivity contribution is -0.146. The molecule has 4 rings (SSSR count). The van der Waals surface area contributed by atoms with Crippen molar-refractivity contribution in [2.24, 2.45) is 12.8 Å². The Hall–Kier alpha value is -3.84. The van der Waals surface area contributed by atoms with E-state index in [-0.39, 0.29) is 29.7 Å². The Morgan fingerprint density at radius 2 is 2.00 bits per heavy atom. The SMILES string of the molecule is CN1CCCC[C@@](CCC(F)(F)F)(c2cccc(Oc3cc([C@H](N)Cc4cncn4C)ccc3C#N)c2)C1=O. The zero-order chi connectivity index (χ0) is 28.2. The van der Waals surface area contributed by atoms with E-state index < -0.39 is 18.0 Å². The van der Waals surface area contributed by atoms with Crippen molar-refractivity contribution < 1.29 is 22.7 Å². The van der Waals surface area contributed by atoms with Gasteiger partial charge in [-0.15, -0.1) is 0 Å². The van der Waals surface area contributed by atoms with Crippen molar-refractivity contribution in [1.29, 1.82) is 5.26 Å². The number of carbonyl (C=O) groups is 1. The van der Waals surface area contributed by atoms with Crippen LogP contribution in [-0.2, 0) is 23.7 Å². The summed E-state index contributed by atoms with van der Waals surface area (Å²) in [7, 11) is 3.52. The first-order valence-electron chi connectivity index (χ1n) is 12.9. The van der Waals surface area contributed by atoms with E-state index in [1.807, 2.05) is 11.6 Å². The molecule has 39 heavy (non-hydrogen) atoms. The second kappa shape index (κ2) is 11.5. The van der Waals surface area contributed by atoms with Crippen LogP contribution in [0, 0.1) is 11.3 Å². The molecule has 0 spiro atoms. The summed E-state index contributed by atoms with van der Waals surface area (Å²) in [5.74, 6) is 0.288. The molecule has 2 atom stereocenters. The van der Waals surface area contributed by atoms with Gasteiger partial charge >= 0.3 is 6.18 Å². The molecule has 206 valence electrons. The predicted octanol–water partition coefficient (Wildman–Crippen LogP) is 5.55. The van der Waals surface area contributed by atoms with Crippen LogP contribution in [0.1, 0.15) is 60.5 Å². The summed E-state index contributed by atoms with van der Waals surface area (Å²) < 4.78 is 48.0. The second-order valence-electron chi connectivity index (χ2n) is 10.2. The second-order valence-corrected chi connectivity index (χ2v) is 10.2. The van der Waals surface area contributed by atoms with Gasteiger partial charge in [-0.1, -0.05) is 24.6 Å². The topological polar surface area (TPSA) is 97.2 Å². The number of aryl methyl sites for hydroxylation is 1. The fourth-order valence-electron chi connectivity index (χ4n) is 5.20. The number of alkyl halides is 3. The van der Waals surface area contributed by atoms with Crippen molar-refractivity contribution in [2.75, 3.05) is 13.6 Å². The zero-order valence-electron chi connectivity index (χ0n) is 22.0. The number of likely N-dealkylation sites (tertiary alicyclic amines) is 1. The number of aromatic nitrogens is 2. The molecule has 1 aliphatic heterocycles. The molecule has 0 aliphatic carbocycles. The summed E-state index contributed by atoms with van der Waals surface area (Å²) in [6.07, 6.45) is -0.154. The maximum absolute atomic E-state index is 13.5. The maximum Gasteiger partial charge on any atom is 0.389 e. The molecule has 1 aliphatic rings. The van der Waals surface area contributed by atoms with Crippen molar-refractivity contribution in [3.63, 3.8) is 0 Å². The fraction of sp³-hybridized carbons (Fsp3) is 0.414. The molecule has 0 unspecified atom stereocenters. The van der Waals surface area contributed by atoms with E-state index in [1.54, 1.807) is 62.0 Å². The third-order valence-electron chi connectivity index (χ3n) is 7.45. The Balaban J connectivity index is 1.66. The van der Waals surface area contributed by atoms with Gasteiger partial charge in [0.15, 0.2) is 0 Å². The van der Waals surface area contributed by atoms with Crippen molar-refractivity contribution in [3.8, 4) is 17.6 Å². The Labute approximate surface area is 226 Å². The summed E-state index contributed by atoms with van der Waals surface area (Å²) in [6.45, 7) is 0.500. The fourth-order valence-corrected chi connectivity index (χ4v) is 5.20. The Bertz CT molecular complexity index is 1360. The summed E-state index contributed by atoms with van der Waals surface area (Å²) >= 11 is 0. The maximum atomic E-state index is 13.5. The Kier molecular flexibility index (Phi) is 8.31. The highest BCUT2D eigenvalue weighted by atomic mass is 19.4. The molecule has 3 aromatic rings. The summed E-state index contributed by atoms with van der Waals surface area (Å²) in [5, 5.41) is 9.68. The van der Waals surface area contributed by atoms with Crippen LogP contribution in [0.4, 0.5) is 13.2 Å². The average Bonchev–Trinajstić information content (AvgIpc) is 3.24. The number of carbonyl (C=O) groups excluding carboxylic acids is 1. The van der Waals surface area contributed by atoms with E-state index in [4.69, 9.17) is 10.5 Å². The number of likely N-dealkylation sites (N-methyl/N-ethyl adjacent to an activating group) is 1. The standard InChI is InChI=1S/C29H32F3N5O2/c1-36-13-4-3-10-28(27(36)38,11-12-29(30,31)32)22-6-5-7-24(15-22)39-26-14-20(8-9-21(26)17-33)25(34)16-23-18-35-19-37(23)2/h5-9,14-15,18-19,25H,3-4,10-13,16,34H2,1-2H3/t25-,28-/m1/s1. The molecule has 10 heteroatoms. The molecule has 1 saturated heterocycles. The average molecular weight is 540 g/mol. The normalized spacial score (nSPS) is 18.9. The molecule has 7 nitrogen and oxygen atoms in total. The van der Waals surface area contributed by atoms with Crippen molar-refractivity contribution in [2.45, 2.75) is 56.2 Å². The molecule has 2 N–H and O–H groups in total. The quantitative estimate of drug-likeness (QED) is 0.405. The Morgan fingerprint density at radius 1 is 1.21 bits per heavy atom. The summed E-state index contributed by atoms with van der Waals surface area (Å²) in [4.78, 5) is 19.1. The van der Waals surface area contributed by atoms with Gasteiger partial charge in [-0.3, -0.25) is 4.79 Å². The van der Waals surface area contributed by atoms with E-state index in [0.717, 1.165) is 17.7 Å². The number of ether oxygens (including phenoxy) is 1. The third-order valence-corrected chi connectivity index (χ3v) is 7.45. The van der Waals surface area contributed by atoms with E-state index in [0.29, 0.717) is 37.1 Å². The molecular formula is C29H32F3N5O2. The third kappa shape index (κ3) is 6.42. The number of imidazole rings is 1. The number of halogens is 3. The molecular weight excluding hydrogens is 507 g/mol. The molecule has 0 bridgehead atoms. The zero-order valence-corrected chi connectivity index (χ0v) is 22.0. The first-order valence-corrected chi connectivity index (χ1v) is 12.9. The summed E-state index contributed by atoms with van der Waals surface area (Å²) in [5.41, 5.74) is 7.60. The highest BCUT2D eigenvalue weighted by molar-refractivity contribution is 5.88. The van der Waals surface area contributed by atoms with Crippen LogP contribution < -0.4 is 10.5 Å². The van der Waals surface area contributed by atoms with Gasteiger partial charge in [0.1, 0.15) is 17.6 Å². The monoisotopic (exact) mass is 539 g/mol. The minimum Gasteiger partial charge on any atom is -0.456 e. The number of hydrogen-bond acceptors (Lipinski definition) is 5. The lowest BCUT2D eigenvalue weighted by atomic mass is 9.72. The van der Waals surface area contributed by atoms with Gasteiger partial charge in [-0.05, 0) is 54.7 Å². The molecule has 0 radical (unpaired) electrons. The molecule has 2 heterocycles. The first-order chi connectivity index (χ1) is 18.5. The number of nitriles is 1. The molecule has 1 amide bonds. The van der Waals surface area contributed by atoms with E-state index >= 15 is 0 Å². The highest BCUT2D eigenvalue weighted by Gasteiger charge is 2.45. The van der Waals surface area contributed by atoms with E-state index in [2.05, 4.69) is 11.1 Å². The minimum atomic E-state index is -4.39. The summed E-state index contributed by atoms with van der Waals surface area (Å²) in [6, 6.07) is 13.5. The van der Waals surface area contributed by atoms with Gasteiger partial charge in [-0.25, -0.2) is 4.98 Å². The number of amides is 1. The molecule has 1 aromatic heterocycles. The van der Waals surface area contributed by atoms with Crippen LogP contribution in [0.15, 0.2) is 55.0 Å². The highest BCUT2D eigenvalue weighted by Crippen LogP contribution is 2.42. The number of nitrogens with zero attached hydrogens (tertiary/aromatic N) is 4. The van der Waals surface area contributed by atoms with Crippen LogP contribution in [0.2, 0.25) is 0 Å². The van der Waals surface area contributed by atoms with Crippen LogP contribution in [-0.4, -0.2) is 40.1 Å². The van der Waals surface area contributed by atoms with Gasteiger partial charge < -0.3 is 19.9 Å². The minimum absolute atomic E-state index is 0.279. The number of benzene rings is 2. The van der Waals surface area contributed by atoms with Crippen LogP contribution in [0.5, 0.6) is 11.5 Å². The molecule has 0 saturated carbocycles. The van der Waals surface area contributed by atoms with E-state index in [9.17, 15) is 23.2 Å². The van der Waals surface area contributed by atoms with Gasteiger partial charge in [0, 0.05) is 51.4 Å². The van der Waals surface area contributed by atoms with Crippen LogP contribution in [0.25, 0.3) is 0 Å². The largest absolute Gasteiger partial charge is 0.456 e. The van der Waals surface area contributed by atoms with Gasteiger partial charge in [-0.2, -0.15) is 18.4 Å².